The smallest absolute Gasteiger partial charge is 0.254 e. The zero-order chi connectivity index (χ0) is 22.0. The Morgan fingerprint density at radius 3 is 2.10 bits per heavy atom. The molecule has 156 valence electrons. The van der Waals surface area contributed by atoms with E-state index in [4.69, 9.17) is 0 Å². The summed E-state index contributed by atoms with van der Waals surface area (Å²) in [6, 6.07) is 22.7. The van der Waals surface area contributed by atoms with Crippen LogP contribution in [0.4, 0.5) is 11.4 Å². The summed E-state index contributed by atoms with van der Waals surface area (Å²) in [7, 11) is 0. The standard InChI is InChI=1S/C27H26N2O2/c1-19-12-15-23(16-13-19)29-24(17-14-22-10-5-4-6-11-22)27(31)28(18-25(29)30)26-20(2)8-7-9-21(26)3/h4-17,24H,18H2,1-3H3/b17-14+. The van der Waals surface area contributed by atoms with E-state index in [1.54, 1.807) is 9.80 Å². The monoisotopic (exact) mass is 410 g/mol. The minimum absolute atomic E-state index is 0.0219. The molecule has 0 saturated carbocycles. The zero-order valence-corrected chi connectivity index (χ0v) is 18.1. The molecule has 1 aliphatic rings. The molecule has 4 heteroatoms. The Morgan fingerprint density at radius 1 is 0.806 bits per heavy atom. The second kappa shape index (κ2) is 8.60. The number of nitrogens with zero attached hydrogens (tertiary/aromatic N) is 2. The lowest BCUT2D eigenvalue weighted by Crippen LogP contribution is -2.60. The van der Waals surface area contributed by atoms with Crippen LogP contribution in [0.2, 0.25) is 0 Å². The van der Waals surface area contributed by atoms with Gasteiger partial charge in [-0.05, 0) is 49.6 Å². The second-order valence-electron chi connectivity index (χ2n) is 7.98. The molecule has 3 aromatic rings. The lowest BCUT2D eigenvalue weighted by Gasteiger charge is -2.40. The lowest BCUT2D eigenvalue weighted by atomic mass is 10.0. The summed E-state index contributed by atoms with van der Waals surface area (Å²) in [6.45, 7) is 5.97. The summed E-state index contributed by atoms with van der Waals surface area (Å²) in [5.41, 5.74) is 5.60. The van der Waals surface area contributed by atoms with Gasteiger partial charge in [-0.2, -0.15) is 0 Å². The van der Waals surface area contributed by atoms with Crippen LogP contribution in [0.5, 0.6) is 0 Å². The quantitative estimate of drug-likeness (QED) is 0.602. The van der Waals surface area contributed by atoms with Crippen LogP contribution in [-0.2, 0) is 9.59 Å². The fourth-order valence-corrected chi connectivity index (χ4v) is 4.08. The molecule has 0 aromatic heterocycles. The third kappa shape index (κ3) is 4.15. The Hall–Kier alpha value is -3.66. The number of carbonyl (C=O) groups excluding carboxylic acids is 2. The molecule has 0 bridgehead atoms. The first-order valence-corrected chi connectivity index (χ1v) is 10.5. The van der Waals surface area contributed by atoms with E-state index >= 15 is 0 Å². The van der Waals surface area contributed by atoms with Gasteiger partial charge in [0.15, 0.2) is 0 Å². The van der Waals surface area contributed by atoms with Gasteiger partial charge in [-0.25, -0.2) is 0 Å². The minimum atomic E-state index is -0.719. The van der Waals surface area contributed by atoms with Crippen LogP contribution >= 0.6 is 0 Å². The Labute approximate surface area is 183 Å². The molecule has 1 atom stereocenters. The number of hydrogen-bond donors (Lipinski definition) is 0. The van der Waals surface area contributed by atoms with Gasteiger partial charge in [0, 0.05) is 5.69 Å². The van der Waals surface area contributed by atoms with E-state index in [-0.39, 0.29) is 18.4 Å². The van der Waals surface area contributed by atoms with Crippen molar-refractivity contribution in [1.82, 2.24) is 0 Å². The van der Waals surface area contributed by atoms with Gasteiger partial charge < -0.3 is 4.90 Å². The molecular weight excluding hydrogens is 384 g/mol. The number of amides is 2. The summed E-state index contributed by atoms with van der Waals surface area (Å²) in [4.78, 5) is 30.3. The number of carbonyl (C=O) groups is 2. The number of rotatable bonds is 4. The molecule has 0 radical (unpaired) electrons. The van der Waals surface area contributed by atoms with Gasteiger partial charge in [0.2, 0.25) is 5.91 Å². The largest absolute Gasteiger partial charge is 0.300 e. The van der Waals surface area contributed by atoms with E-state index in [0.717, 1.165) is 33.6 Å². The van der Waals surface area contributed by atoms with Gasteiger partial charge in [0.25, 0.3) is 5.91 Å². The van der Waals surface area contributed by atoms with Crippen LogP contribution in [-0.4, -0.2) is 24.4 Å². The van der Waals surface area contributed by atoms with Crippen LogP contribution in [0.1, 0.15) is 22.3 Å². The van der Waals surface area contributed by atoms with Crippen molar-refractivity contribution in [2.24, 2.45) is 0 Å². The zero-order valence-electron chi connectivity index (χ0n) is 18.1. The number of aryl methyl sites for hydroxylation is 3. The van der Waals surface area contributed by atoms with Gasteiger partial charge in [-0.3, -0.25) is 14.5 Å². The molecule has 1 fully saturated rings. The molecule has 0 aliphatic carbocycles. The third-order valence-electron chi connectivity index (χ3n) is 5.65. The first kappa shape index (κ1) is 20.6. The Balaban J connectivity index is 1.78. The number of para-hydroxylation sites is 1. The fraction of sp³-hybridized carbons (Fsp3) is 0.185. The van der Waals surface area contributed by atoms with Gasteiger partial charge in [-0.15, -0.1) is 0 Å². The Bertz CT molecular complexity index is 1110. The molecule has 0 N–H and O–H groups in total. The van der Waals surface area contributed by atoms with Gasteiger partial charge >= 0.3 is 0 Å². The van der Waals surface area contributed by atoms with Crippen LogP contribution in [0, 0.1) is 20.8 Å². The third-order valence-corrected chi connectivity index (χ3v) is 5.65. The average molecular weight is 411 g/mol. The summed E-state index contributed by atoms with van der Waals surface area (Å²) in [5, 5.41) is 0. The van der Waals surface area contributed by atoms with E-state index in [1.807, 2.05) is 106 Å². The Morgan fingerprint density at radius 2 is 1.45 bits per heavy atom. The maximum atomic E-state index is 13.7. The SMILES string of the molecule is Cc1ccc(N2C(=O)CN(c3c(C)cccc3C)C(=O)C2/C=C/c2ccccc2)cc1. The van der Waals surface area contributed by atoms with E-state index in [2.05, 4.69) is 0 Å². The molecule has 1 aliphatic heterocycles. The maximum Gasteiger partial charge on any atom is 0.254 e. The van der Waals surface area contributed by atoms with Crippen LogP contribution in [0.25, 0.3) is 6.08 Å². The van der Waals surface area contributed by atoms with Crippen LogP contribution < -0.4 is 9.80 Å². The highest BCUT2D eigenvalue weighted by Gasteiger charge is 2.40. The molecule has 1 heterocycles. The normalized spacial score (nSPS) is 16.9. The van der Waals surface area contributed by atoms with Crippen molar-refractivity contribution in [2.75, 3.05) is 16.3 Å². The number of hydrogen-bond acceptors (Lipinski definition) is 2. The summed E-state index contributed by atoms with van der Waals surface area (Å²) < 4.78 is 0. The molecule has 4 nitrogen and oxygen atoms in total. The summed E-state index contributed by atoms with van der Waals surface area (Å²) >= 11 is 0. The van der Waals surface area contributed by atoms with E-state index in [0.29, 0.717) is 0 Å². The fourth-order valence-electron chi connectivity index (χ4n) is 4.08. The minimum Gasteiger partial charge on any atom is -0.300 e. The first-order valence-electron chi connectivity index (χ1n) is 10.5. The predicted octanol–water partition coefficient (Wildman–Crippen LogP) is 5.07. The topological polar surface area (TPSA) is 40.6 Å². The molecular formula is C27H26N2O2. The highest BCUT2D eigenvalue weighted by molar-refractivity contribution is 6.15. The molecule has 31 heavy (non-hydrogen) atoms. The second-order valence-corrected chi connectivity index (χ2v) is 7.98. The van der Waals surface area contributed by atoms with Crippen molar-refractivity contribution in [3.8, 4) is 0 Å². The lowest BCUT2D eigenvalue weighted by molar-refractivity contribution is -0.127. The molecule has 4 rings (SSSR count). The molecule has 2 amide bonds. The predicted molar refractivity (Wildman–Crippen MR) is 126 cm³/mol. The number of anilines is 2. The highest BCUT2D eigenvalue weighted by atomic mass is 16.2. The van der Waals surface area contributed by atoms with E-state index in [1.165, 1.54) is 0 Å². The molecule has 1 unspecified atom stereocenters. The molecule has 0 spiro atoms. The van der Waals surface area contributed by atoms with Crippen molar-refractivity contribution < 1.29 is 9.59 Å². The summed E-state index contributed by atoms with van der Waals surface area (Å²) in [5.74, 6) is -0.210. The van der Waals surface area contributed by atoms with E-state index in [9.17, 15) is 9.59 Å². The first-order chi connectivity index (χ1) is 15.0. The van der Waals surface area contributed by atoms with E-state index < -0.39 is 6.04 Å². The van der Waals surface area contributed by atoms with Crippen LogP contribution in [0.15, 0.2) is 78.9 Å². The number of benzene rings is 3. The van der Waals surface area contributed by atoms with Gasteiger partial charge in [0.05, 0.1) is 5.69 Å². The molecule has 3 aromatic carbocycles. The summed E-state index contributed by atoms with van der Waals surface area (Å²) in [6.07, 6.45) is 3.74. The molecule has 1 saturated heterocycles. The average Bonchev–Trinajstić information content (AvgIpc) is 2.76. The van der Waals surface area contributed by atoms with Crippen molar-refractivity contribution in [1.29, 1.82) is 0 Å². The maximum absolute atomic E-state index is 13.7. The highest BCUT2D eigenvalue weighted by Crippen LogP contribution is 2.31. The van der Waals surface area contributed by atoms with Gasteiger partial charge in [-0.1, -0.05) is 78.4 Å². The van der Waals surface area contributed by atoms with Crippen LogP contribution in [0.3, 0.4) is 0 Å². The van der Waals surface area contributed by atoms with Crippen molar-refractivity contribution in [3.05, 3.63) is 101 Å². The van der Waals surface area contributed by atoms with Crippen molar-refractivity contribution in [2.45, 2.75) is 26.8 Å². The van der Waals surface area contributed by atoms with Crippen molar-refractivity contribution in [3.63, 3.8) is 0 Å². The van der Waals surface area contributed by atoms with Gasteiger partial charge in [0.1, 0.15) is 12.6 Å². The number of piperazine rings is 1. The van der Waals surface area contributed by atoms with Crippen molar-refractivity contribution >= 4 is 29.3 Å². The Kier molecular flexibility index (Phi) is 5.72.